The van der Waals surface area contributed by atoms with Crippen LogP contribution in [0.25, 0.3) is 0 Å². The Morgan fingerprint density at radius 2 is 2.12 bits per heavy atom. The van der Waals surface area contributed by atoms with Gasteiger partial charge in [-0.2, -0.15) is 0 Å². The Kier molecular flexibility index (Phi) is 4.31. The fourth-order valence-corrected chi connectivity index (χ4v) is 2.26. The molecular formula is C13H20N2O. The monoisotopic (exact) mass is 220 g/mol. The van der Waals surface area contributed by atoms with E-state index in [0.717, 1.165) is 5.69 Å². The molecule has 1 atom stereocenters. The first-order valence-corrected chi connectivity index (χ1v) is 6.18. The molecule has 1 heterocycles. The second-order valence-electron chi connectivity index (χ2n) is 4.51. The summed E-state index contributed by atoms with van der Waals surface area (Å²) in [5.74, 6) is 0. The fraction of sp³-hybridized carbons (Fsp3) is 0.615. The smallest absolute Gasteiger partial charge is 0.108 e. The third kappa shape index (κ3) is 3.29. The summed E-state index contributed by atoms with van der Waals surface area (Å²) in [5.41, 5.74) is 0.755. The van der Waals surface area contributed by atoms with Gasteiger partial charge in [0, 0.05) is 18.8 Å². The minimum atomic E-state index is -0.483. The summed E-state index contributed by atoms with van der Waals surface area (Å²) in [5, 5.41) is 13.4. The molecule has 3 nitrogen and oxygen atoms in total. The third-order valence-corrected chi connectivity index (χ3v) is 3.23. The van der Waals surface area contributed by atoms with Crippen LogP contribution < -0.4 is 5.32 Å². The molecule has 3 heteroatoms. The highest BCUT2D eigenvalue weighted by Crippen LogP contribution is 2.18. The topological polar surface area (TPSA) is 45.1 Å². The number of pyridine rings is 1. The van der Waals surface area contributed by atoms with Crippen molar-refractivity contribution in [3.8, 4) is 0 Å². The van der Waals surface area contributed by atoms with Gasteiger partial charge in [0.15, 0.2) is 0 Å². The van der Waals surface area contributed by atoms with E-state index >= 15 is 0 Å². The van der Waals surface area contributed by atoms with Crippen molar-refractivity contribution in [1.82, 2.24) is 10.3 Å². The molecule has 0 amide bonds. The van der Waals surface area contributed by atoms with Crippen molar-refractivity contribution >= 4 is 0 Å². The van der Waals surface area contributed by atoms with Crippen LogP contribution in [0, 0.1) is 0 Å². The van der Waals surface area contributed by atoms with Crippen molar-refractivity contribution in [3.63, 3.8) is 0 Å². The van der Waals surface area contributed by atoms with Gasteiger partial charge in [0.2, 0.25) is 0 Å². The molecule has 1 aliphatic rings. The van der Waals surface area contributed by atoms with E-state index in [-0.39, 0.29) is 0 Å². The van der Waals surface area contributed by atoms with Gasteiger partial charge < -0.3 is 10.4 Å². The average molecular weight is 220 g/mol. The maximum atomic E-state index is 9.93. The first-order valence-electron chi connectivity index (χ1n) is 6.18. The van der Waals surface area contributed by atoms with E-state index in [9.17, 15) is 5.11 Å². The molecule has 1 saturated carbocycles. The maximum Gasteiger partial charge on any atom is 0.108 e. The molecule has 16 heavy (non-hydrogen) atoms. The predicted molar refractivity (Wildman–Crippen MR) is 64.1 cm³/mol. The van der Waals surface area contributed by atoms with E-state index in [2.05, 4.69) is 10.3 Å². The first kappa shape index (κ1) is 11.6. The number of hydrogen-bond acceptors (Lipinski definition) is 3. The lowest BCUT2D eigenvalue weighted by Gasteiger charge is -2.24. The van der Waals surface area contributed by atoms with Crippen molar-refractivity contribution in [1.29, 1.82) is 0 Å². The standard InChI is InChI=1S/C13H20N2O/c16-13(12-8-4-5-9-14-12)10-15-11-6-2-1-3-7-11/h4-5,8-9,11,13,15-16H,1-3,6-7,10H2. The molecule has 1 aromatic heterocycles. The Morgan fingerprint density at radius 1 is 1.31 bits per heavy atom. The fourth-order valence-electron chi connectivity index (χ4n) is 2.26. The number of hydrogen-bond donors (Lipinski definition) is 2. The van der Waals surface area contributed by atoms with Gasteiger partial charge in [-0.1, -0.05) is 25.3 Å². The third-order valence-electron chi connectivity index (χ3n) is 3.23. The number of nitrogens with zero attached hydrogens (tertiary/aromatic N) is 1. The molecule has 0 radical (unpaired) electrons. The van der Waals surface area contributed by atoms with Crippen molar-refractivity contribution in [2.45, 2.75) is 44.2 Å². The van der Waals surface area contributed by atoms with Crippen molar-refractivity contribution in [2.24, 2.45) is 0 Å². The lowest BCUT2D eigenvalue weighted by molar-refractivity contribution is 0.161. The maximum absolute atomic E-state index is 9.93. The number of aliphatic hydroxyl groups is 1. The van der Waals surface area contributed by atoms with E-state index in [0.29, 0.717) is 12.6 Å². The molecule has 0 spiro atoms. The van der Waals surface area contributed by atoms with Crippen LogP contribution in [-0.4, -0.2) is 22.7 Å². The van der Waals surface area contributed by atoms with E-state index in [4.69, 9.17) is 0 Å². The van der Waals surface area contributed by atoms with Crippen LogP contribution in [0.3, 0.4) is 0 Å². The van der Waals surface area contributed by atoms with Crippen LogP contribution in [0.1, 0.15) is 43.9 Å². The predicted octanol–water partition coefficient (Wildman–Crippen LogP) is 2.04. The number of aliphatic hydroxyl groups excluding tert-OH is 1. The molecule has 0 bridgehead atoms. The van der Waals surface area contributed by atoms with Crippen LogP contribution in [0.4, 0.5) is 0 Å². The lowest BCUT2D eigenvalue weighted by atomic mass is 9.95. The highest BCUT2D eigenvalue weighted by atomic mass is 16.3. The quantitative estimate of drug-likeness (QED) is 0.816. The highest BCUT2D eigenvalue weighted by molar-refractivity contribution is 5.06. The van der Waals surface area contributed by atoms with E-state index in [1.807, 2.05) is 18.2 Å². The van der Waals surface area contributed by atoms with Crippen molar-refractivity contribution in [3.05, 3.63) is 30.1 Å². The van der Waals surface area contributed by atoms with E-state index < -0.39 is 6.10 Å². The Balaban J connectivity index is 1.77. The van der Waals surface area contributed by atoms with Crippen LogP contribution in [0.2, 0.25) is 0 Å². The van der Waals surface area contributed by atoms with Crippen molar-refractivity contribution < 1.29 is 5.11 Å². The second-order valence-corrected chi connectivity index (χ2v) is 4.51. The molecule has 1 fully saturated rings. The second kappa shape index (κ2) is 5.97. The Labute approximate surface area is 96.9 Å². The van der Waals surface area contributed by atoms with Gasteiger partial charge in [0.1, 0.15) is 6.10 Å². The zero-order valence-corrected chi connectivity index (χ0v) is 9.60. The summed E-state index contributed by atoms with van der Waals surface area (Å²) in [6.45, 7) is 0.613. The van der Waals surface area contributed by atoms with Crippen LogP contribution in [0.5, 0.6) is 0 Å². The SMILES string of the molecule is OC(CNC1CCCCC1)c1ccccn1. The highest BCUT2D eigenvalue weighted by Gasteiger charge is 2.15. The summed E-state index contributed by atoms with van der Waals surface area (Å²) in [7, 11) is 0. The first-order chi connectivity index (χ1) is 7.86. The largest absolute Gasteiger partial charge is 0.385 e. The van der Waals surface area contributed by atoms with Gasteiger partial charge in [0.25, 0.3) is 0 Å². The van der Waals surface area contributed by atoms with Crippen LogP contribution in [0.15, 0.2) is 24.4 Å². The van der Waals surface area contributed by atoms with Gasteiger partial charge in [-0.15, -0.1) is 0 Å². The summed E-state index contributed by atoms with van der Waals surface area (Å²) < 4.78 is 0. The van der Waals surface area contributed by atoms with Gasteiger partial charge in [-0.05, 0) is 25.0 Å². The minimum Gasteiger partial charge on any atom is -0.385 e. The Morgan fingerprint density at radius 3 is 2.81 bits per heavy atom. The molecule has 0 aromatic carbocycles. The zero-order chi connectivity index (χ0) is 11.2. The number of aromatic nitrogens is 1. The zero-order valence-electron chi connectivity index (χ0n) is 9.60. The normalized spacial score (nSPS) is 19.6. The molecular weight excluding hydrogens is 200 g/mol. The molecule has 0 saturated heterocycles. The molecule has 1 unspecified atom stereocenters. The summed E-state index contributed by atoms with van der Waals surface area (Å²) in [6, 6.07) is 6.23. The van der Waals surface area contributed by atoms with Crippen LogP contribution in [-0.2, 0) is 0 Å². The van der Waals surface area contributed by atoms with Gasteiger partial charge >= 0.3 is 0 Å². The van der Waals surface area contributed by atoms with Crippen LogP contribution >= 0.6 is 0 Å². The average Bonchev–Trinajstić information content (AvgIpc) is 2.38. The number of rotatable bonds is 4. The van der Waals surface area contributed by atoms with Gasteiger partial charge in [-0.25, -0.2) is 0 Å². The Bertz CT molecular complexity index is 296. The van der Waals surface area contributed by atoms with Gasteiger partial charge in [0.05, 0.1) is 5.69 Å². The van der Waals surface area contributed by atoms with E-state index in [1.54, 1.807) is 6.20 Å². The summed E-state index contributed by atoms with van der Waals surface area (Å²) >= 11 is 0. The molecule has 2 N–H and O–H groups in total. The van der Waals surface area contributed by atoms with Gasteiger partial charge in [-0.3, -0.25) is 4.98 Å². The molecule has 1 aromatic rings. The molecule has 1 aliphatic carbocycles. The summed E-state index contributed by atoms with van der Waals surface area (Å²) in [6.07, 6.45) is 7.72. The molecule has 0 aliphatic heterocycles. The Hall–Kier alpha value is -0.930. The molecule has 2 rings (SSSR count). The summed E-state index contributed by atoms with van der Waals surface area (Å²) in [4.78, 5) is 4.15. The lowest BCUT2D eigenvalue weighted by Crippen LogP contribution is -2.34. The van der Waals surface area contributed by atoms with E-state index in [1.165, 1.54) is 32.1 Å². The molecule has 88 valence electrons. The number of nitrogens with one attached hydrogen (secondary N) is 1. The van der Waals surface area contributed by atoms with Crippen molar-refractivity contribution in [2.75, 3.05) is 6.54 Å². The minimum absolute atomic E-state index is 0.483.